The second-order valence-corrected chi connectivity index (χ2v) is 6.11. The second-order valence-electron chi connectivity index (χ2n) is 6.11. The molecule has 0 radical (unpaired) electrons. The lowest BCUT2D eigenvalue weighted by Crippen LogP contribution is -2.42. The van der Waals surface area contributed by atoms with E-state index in [0.29, 0.717) is 19.0 Å². The van der Waals surface area contributed by atoms with E-state index in [9.17, 15) is 15.0 Å². The van der Waals surface area contributed by atoms with Gasteiger partial charge in [-0.05, 0) is 24.8 Å². The molecule has 1 unspecified atom stereocenters. The maximum atomic E-state index is 11.4. The summed E-state index contributed by atoms with van der Waals surface area (Å²) in [6.45, 7) is 0.900. The van der Waals surface area contributed by atoms with E-state index in [1.165, 1.54) is 17.7 Å². The Bertz CT molecular complexity index is 490. The molecule has 0 bridgehead atoms. The number of aliphatic hydroxyl groups excluding tert-OH is 1. The monoisotopic (exact) mass is 290 g/mol. The Balaban J connectivity index is 1.73. The molecule has 1 heterocycles. The molecule has 0 spiro atoms. The minimum absolute atomic E-state index is 0.0399. The molecule has 1 saturated heterocycles. The lowest BCUT2D eigenvalue weighted by Gasteiger charge is -2.26. The quantitative estimate of drug-likeness (QED) is 0.765. The van der Waals surface area contributed by atoms with Crippen molar-refractivity contribution in [1.82, 2.24) is 10.2 Å². The highest BCUT2D eigenvalue weighted by molar-refractivity contribution is 5.66. The van der Waals surface area contributed by atoms with E-state index in [4.69, 9.17) is 0 Å². The molecule has 3 N–H and O–H groups in total. The zero-order chi connectivity index (χ0) is 14.8. The molecular formula is C16H22N2O3. The summed E-state index contributed by atoms with van der Waals surface area (Å²) in [5, 5.41) is 23.1. The number of benzene rings is 1. The standard InChI is InChI=1S/C16H22N2O3/c19-15-10-18(16(20)21)14(8-11-4-2-1-3-5-11)13(15)9-17-12-6-7-12/h1-5,12-15,17,19H,6-10H2,(H,20,21)/t13-,14?,15-/m1/s1. The van der Waals surface area contributed by atoms with Gasteiger partial charge in [0, 0.05) is 24.5 Å². The SMILES string of the molecule is O=C(O)N1C[C@@H](O)[C@H](CNC2CC2)C1Cc1ccccc1. The largest absolute Gasteiger partial charge is 0.465 e. The van der Waals surface area contributed by atoms with Gasteiger partial charge < -0.3 is 20.4 Å². The molecule has 1 saturated carbocycles. The number of amides is 1. The van der Waals surface area contributed by atoms with Crippen molar-refractivity contribution in [3.8, 4) is 0 Å². The predicted octanol–water partition coefficient (Wildman–Crippen LogP) is 1.32. The van der Waals surface area contributed by atoms with Crippen LogP contribution in [0.15, 0.2) is 30.3 Å². The number of nitrogens with one attached hydrogen (secondary N) is 1. The Morgan fingerprint density at radius 3 is 2.62 bits per heavy atom. The van der Waals surface area contributed by atoms with Gasteiger partial charge in [0.2, 0.25) is 0 Å². The summed E-state index contributed by atoms with van der Waals surface area (Å²) < 4.78 is 0. The van der Waals surface area contributed by atoms with E-state index in [0.717, 1.165) is 5.56 Å². The highest BCUT2D eigenvalue weighted by atomic mass is 16.4. The number of rotatable bonds is 5. The van der Waals surface area contributed by atoms with Gasteiger partial charge in [0.25, 0.3) is 0 Å². The zero-order valence-electron chi connectivity index (χ0n) is 12.0. The van der Waals surface area contributed by atoms with Crippen molar-refractivity contribution < 1.29 is 15.0 Å². The minimum Gasteiger partial charge on any atom is -0.465 e. The Morgan fingerprint density at radius 1 is 1.29 bits per heavy atom. The third kappa shape index (κ3) is 3.36. The fraction of sp³-hybridized carbons (Fsp3) is 0.562. The van der Waals surface area contributed by atoms with Gasteiger partial charge in [-0.2, -0.15) is 0 Å². The molecule has 5 nitrogen and oxygen atoms in total. The Morgan fingerprint density at radius 2 is 2.00 bits per heavy atom. The van der Waals surface area contributed by atoms with Crippen LogP contribution in [0.4, 0.5) is 4.79 Å². The van der Waals surface area contributed by atoms with Gasteiger partial charge in [-0.25, -0.2) is 4.79 Å². The van der Waals surface area contributed by atoms with E-state index in [1.807, 2.05) is 30.3 Å². The fourth-order valence-corrected chi connectivity index (χ4v) is 3.16. The zero-order valence-corrected chi connectivity index (χ0v) is 12.0. The molecule has 5 heteroatoms. The highest BCUT2D eigenvalue weighted by Gasteiger charge is 2.43. The number of nitrogens with zero attached hydrogens (tertiary/aromatic N) is 1. The van der Waals surface area contributed by atoms with Crippen molar-refractivity contribution in [3.63, 3.8) is 0 Å². The molecule has 1 amide bonds. The average Bonchev–Trinajstić information content (AvgIpc) is 3.24. The van der Waals surface area contributed by atoms with Gasteiger partial charge in [-0.3, -0.25) is 0 Å². The van der Waals surface area contributed by atoms with Crippen LogP contribution in [0.3, 0.4) is 0 Å². The van der Waals surface area contributed by atoms with Gasteiger partial charge in [-0.15, -0.1) is 0 Å². The van der Waals surface area contributed by atoms with E-state index in [-0.39, 0.29) is 18.5 Å². The van der Waals surface area contributed by atoms with Crippen LogP contribution in [0, 0.1) is 5.92 Å². The van der Waals surface area contributed by atoms with Crippen molar-refractivity contribution in [3.05, 3.63) is 35.9 Å². The van der Waals surface area contributed by atoms with Crippen molar-refractivity contribution in [2.24, 2.45) is 5.92 Å². The molecule has 3 atom stereocenters. The van der Waals surface area contributed by atoms with Crippen molar-refractivity contribution in [2.75, 3.05) is 13.1 Å². The first kappa shape index (κ1) is 14.4. The normalized spacial score (nSPS) is 28.8. The summed E-state index contributed by atoms with van der Waals surface area (Å²) in [6.07, 6.45) is 1.51. The summed E-state index contributed by atoms with van der Waals surface area (Å²) in [5.41, 5.74) is 1.11. The van der Waals surface area contributed by atoms with Crippen LogP contribution in [-0.4, -0.2) is 52.5 Å². The van der Waals surface area contributed by atoms with E-state index in [1.54, 1.807) is 0 Å². The number of carboxylic acid groups (broad SMARTS) is 1. The van der Waals surface area contributed by atoms with Gasteiger partial charge in [-0.1, -0.05) is 30.3 Å². The fourth-order valence-electron chi connectivity index (χ4n) is 3.16. The summed E-state index contributed by atoms with van der Waals surface area (Å²) in [7, 11) is 0. The molecule has 3 rings (SSSR count). The predicted molar refractivity (Wildman–Crippen MR) is 79.2 cm³/mol. The molecule has 21 heavy (non-hydrogen) atoms. The summed E-state index contributed by atoms with van der Waals surface area (Å²) in [4.78, 5) is 12.8. The first-order valence-corrected chi connectivity index (χ1v) is 7.60. The third-order valence-electron chi connectivity index (χ3n) is 4.53. The summed E-state index contributed by atoms with van der Waals surface area (Å²) >= 11 is 0. The van der Waals surface area contributed by atoms with Crippen molar-refractivity contribution >= 4 is 6.09 Å². The molecular weight excluding hydrogens is 268 g/mol. The maximum absolute atomic E-state index is 11.4. The molecule has 0 aromatic heterocycles. The topological polar surface area (TPSA) is 72.8 Å². The number of β-amino-alcohol motifs (C(OH)–C–C–N with tert-alkyl or cyclic N) is 1. The number of likely N-dealkylation sites (tertiary alicyclic amines) is 1. The molecule has 2 fully saturated rings. The van der Waals surface area contributed by atoms with Crippen molar-refractivity contribution in [1.29, 1.82) is 0 Å². The average molecular weight is 290 g/mol. The van der Waals surface area contributed by atoms with E-state index >= 15 is 0 Å². The first-order chi connectivity index (χ1) is 10.1. The lowest BCUT2D eigenvalue weighted by atomic mass is 9.92. The molecule has 1 aliphatic heterocycles. The Hall–Kier alpha value is -1.59. The van der Waals surface area contributed by atoms with E-state index < -0.39 is 12.2 Å². The van der Waals surface area contributed by atoms with Crippen LogP contribution in [0.2, 0.25) is 0 Å². The lowest BCUT2D eigenvalue weighted by molar-refractivity contribution is 0.130. The Kier molecular flexibility index (Phi) is 4.12. The van der Waals surface area contributed by atoms with Crippen LogP contribution < -0.4 is 5.32 Å². The number of hydrogen-bond donors (Lipinski definition) is 3. The van der Waals surface area contributed by atoms with Gasteiger partial charge in [0.15, 0.2) is 0 Å². The first-order valence-electron chi connectivity index (χ1n) is 7.60. The number of hydrogen-bond acceptors (Lipinski definition) is 3. The van der Waals surface area contributed by atoms with E-state index in [2.05, 4.69) is 5.32 Å². The van der Waals surface area contributed by atoms with Crippen molar-refractivity contribution in [2.45, 2.75) is 37.5 Å². The maximum Gasteiger partial charge on any atom is 0.407 e. The van der Waals surface area contributed by atoms with Crippen LogP contribution in [0.5, 0.6) is 0 Å². The molecule has 114 valence electrons. The summed E-state index contributed by atoms with van der Waals surface area (Å²) in [5.74, 6) is -0.0399. The second kappa shape index (κ2) is 6.03. The van der Waals surface area contributed by atoms with Gasteiger partial charge in [0.05, 0.1) is 12.6 Å². The molecule has 2 aliphatic rings. The summed E-state index contributed by atoms with van der Waals surface area (Å²) in [6, 6.07) is 10.3. The molecule has 1 aromatic carbocycles. The van der Waals surface area contributed by atoms with Gasteiger partial charge in [0.1, 0.15) is 0 Å². The van der Waals surface area contributed by atoms with Crippen LogP contribution >= 0.6 is 0 Å². The smallest absolute Gasteiger partial charge is 0.407 e. The molecule has 1 aliphatic carbocycles. The van der Waals surface area contributed by atoms with Crippen LogP contribution in [0.1, 0.15) is 18.4 Å². The van der Waals surface area contributed by atoms with Crippen LogP contribution in [-0.2, 0) is 6.42 Å². The minimum atomic E-state index is -0.941. The number of carbonyl (C=O) groups is 1. The molecule has 1 aromatic rings. The van der Waals surface area contributed by atoms with Crippen LogP contribution in [0.25, 0.3) is 0 Å². The third-order valence-corrected chi connectivity index (χ3v) is 4.53. The number of aliphatic hydroxyl groups is 1. The van der Waals surface area contributed by atoms with Gasteiger partial charge >= 0.3 is 6.09 Å². The Labute approximate surface area is 124 Å². The highest BCUT2D eigenvalue weighted by Crippen LogP contribution is 2.29.